The Morgan fingerprint density at radius 2 is 1.59 bits per heavy atom. The number of amides is 1. The molecule has 2 aromatic heterocycles. The minimum absolute atomic E-state index is 0.226. The Hall–Kier alpha value is -3.54. The number of nitrogens with one attached hydrogen (secondary N) is 1. The summed E-state index contributed by atoms with van der Waals surface area (Å²) in [5, 5.41) is 4.10. The van der Waals surface area contributed by atoms with Gasteiger partial charge in [0.15, 0.2) is 17.2 Å². The fourth-order valence-corrected chi connectivity index (χ4v) is 3.62. The standard InChI is InChI=1S/C25H16Cl2N2O3/c26-17-5-3-16(4-6-17)21-11-12-23(31-21)25(30)28-19-8-1-15(2-9-19)13-24-29-20-14-18(27)7-10-22(20)32-24/h1-12,14H,13H2,(H,28,30). The Morgan fingerprint density at radius 1 is 0.844 bits per heavy atom. The average Bonchev–Trinajstić information content (AvgIpc) is 3.42. The van der Waals surface area contributed by atoms with Crippen molar-refractivity contribution in [1.82, 2.24) is 4.98 Å². The molecule has 5 nitrogen and oxygen atoms in total. The molecule has 2 heterocycles. The van der Waals surface area contributed by atoms with E-state index in [1.54, 1.807) is 42.5 Å². The third-order valence-corrected chi connectivity index (χ3v) is 5.41. The third kappa shape index (κ3) is 4.40. The van der Waals surface area contributed by atoms with Crippen molar-refractivity contribution in [3.8, 4) is 11.3 Å². The summed E-state index contributed by atoms with van der Waals surface area (Å²) in [6.45, 7) is 0. The molecule has 0 radical (unpaired) electrons. The lowest BCUT2D eigenvalue weighted by atomic mass is 10.1. The Balaban J connectivity index is 1.25. The fraction of sp³-hybridized carbons (Fsp3) is 0.0400. The van der Waals surface area contributed by atoms with E-state index in [1.165, 1.54) is 0 Å². The van der Waals surface area contributed by atoms with Crippen molar-refractivity contribution in [2.24, 2.45) is 0 Å². The predicted molar refractivity (Wildman–Crippen MR) is 125 cm³/mol. The quantitative estimate of drug-likeness (QED) is 0.298. The van der Waals surface area contributed by atoms with Crippen molar-refractivity contribution in [2.75, 3.05) is 5.32 Å². The van der Waals surface area contributed by atoms with Gasteiger partial charge < -0.3 is 14.2 Å². The highest BCUT2D eigenvalue weighted by Gasteiger charge is 2.13. The van der Waals surface area contributed by atoms with Gasteiger partial charge in [-0.05, 0) is 72.3 Å². The minimum Gasteiger partial charge on any atom is -0.451 e. The van der Waals surface area contributed by atoms with Crippen molar-refractivity contribution in [1.29, 1.82) is 0 Å². The molecule has 1 N–H and O–H groups in total. The van der Waals surface area contributed by atoms with Gasteiger partial charge in [-0.2, -0.15) is 0 Å². The number of rotatable bonds is 5. The van der Waals surface area contributed by atoms with Gasteiger partial charge >= 0.3 is 0 Å². The van der Waals surface area contributed by atoms with Crippen molar-refractivity contribution in [3.05, 3.63) is 106 Å². The summed E-state index contributed by atoms with van der Waals surface area (Å²) in [5.74, 6) is 1.10. The van der Waals surface area contributed by atoms with Gasteiger partial charge in [-0.15, -0.1) is 0 Å². The van der Waals surface area contributed by atoms with Gasteiger partial charge in [0.05, 0.1) is 0 Å². The summed E-state index contributed by atoms with van der Waals surface area (Å²) in [7, 11) is 0. The SMILES string of the molecule is O=C(Nc1ccc(Cc2nc3cc(Cl)ccc3o2)cc1)c1ccc(-c2ccc(Cl)cc2)o1. The Labute approximate surface area is 193 Å². The normalized spacial score (nSPS) is 11.1. The van der Waals surface area contributed by atoms with Gasteiger partial charge in [-0.3, -0.25) is 4.79 Å². The molecule has 7 heteroatoms. The largest absolute Gasteiger partial charge is 0.451 e. The molecule has 0 unspecified atom stereocenters. The second kappa shape index (κ2) is 8.54. The van der Waals surface area contributed by atoms with Crippen LogP contribution in [0.15, 0.2) is 87.7 Å². The van der Waals surface area contributed by atoms with Crippen LogP contribution in [0.4, 0.5) is 5.69 Å². The number of anilines is 1. The maximum absolute atomic E-state index is 12.6. The first kappa shape index (κ1) is 20.4. The first-order valence-electron chi connectivity index (χ1n) is 9.84. The lowest BCUT2D eigenvalue weighted by molar-refractivity contribution is 0.0997. The van der Waals surface area contributed by atoms with Crippen molar-refractivity contribution < 1.29 is 13.6 Å². The molecule has 158 valence electrons. The minimum atomic E-state index is -0.325. The van der Waals surface area contributed by atoms with Crippen LogP contribution in [0.1, 0.15) is 22.0 Å². The van der Waals surface area contributed by atoms with Gasteiger partial charge in [0.2, 0.25) is 0 Å². The van der Waals surface area contributed by atoms with Crippen LogP contribution in [-0.2, 0) is 6.42 Å². The van der Waals surface area contributed by atoms with Crippen LogP contribution in [0.2, 0.25) is 10.0 Å². The number of furan rings is 1. The molecular weight excluding hydrogens is 447 g/mol. The van der Waals surface area contributed by atoms with Crippen LogP contribution >= 0.6 is 23.2 Å². The molecule has 5 rings (SSSR count). The highest BCUT2D eigenvalue weighted by molar-refractivity contribution is 6.31. The first-order chi connectivity index (χ1) is 15.5. The number of oxazole rings is 1. The average molecular weight is 463 g/mol. The summed E-state index contributed by atoms with van der Waals surface area (Å²) < 4.78 is 11.5. The van der Waals surface area contributed by atoms with E-state index in [0.717, 1.165) is 16.6 Å². The number of aromatic nitrogens is 1. The number of carbonyl (C=O) groups is 1. The summed E-state index contributed by atoms with van der Waals surface area (Å²) in [4.78, 5) is 17.0. The van der Waals surface area contributed by atoms with Crippen LogP contribution in [0.25, 0.3) is 22.4 Å². The van der Waals surface area contributed by atoms with Crippen LogP contribution in [0, 0.1) is 0 Å². The zero-order valence-electron chi connectivity index (χ0n) is 16.6. The highest BCUT2D eigenvalue weighted by atomic mass is 35.5. The number of carbonyl (C=O) groups excluding carboxylic acids is 1. The Bertz CT molecular complexity index is 1400. The van der Waals surface area contributed by atoms with E-state index in [9.17, 15) is 4.79 Å². The van der Waals surface area contributed by atoms with E-state index in [0.29, 0.717) is 39.4 Å². The summed E-state index contributed by atoms with van der Waals surface area (Å²) >= 11 is 11.9. The van der Waals surface area contributed by atoms with Crippen LogP contribution in [0.5, 0.6) is 0 Å². The van der Waals surface area contributed by atoms with E-state index < -0.39 is 0 Å². The van der Waals surface area contributed by atoms with Crippen LogP contribution in [0.3, 0.4) is 0 Å². The zero-order valence-corrected chi connectivity index (χ0v) is 18.2. The molecule has 0 aliphatic carbocycles. The second-order valence-electron chi connectivity index (χ2n) is 7.22. The summed E-state index contributed by atoms with van der Waals surface area (Å²) in [6.07, 6.45) is 0.531. The maximum atomic E-state index is 12.6. The number of fused-ring (bicyclic) bond motifs is 1. The molecule has 0 saturated carbocycles. The fourth-order valence-electron chi connectivity index (χ4n) is 3.33. The van der Waals surface area contributed by atoms with Crippen LogP contribution in [-0.4, -0.2) is 10.9 Å². The van der Waals surface area contributed by atoms with Gasteiger partial charge in [-0.1, -0.05) is 35.3 Å². The van der Waals surface area contributed by atoms with Crippen molar-refractivity contribution >= 4 is 45.9 Å². The monoisotopic (exact) mass is 462 g/mol. The molecule has 5 aromatic rings. The summed E-state index contributed by atoms with van der Waals surface area (Å²) in [5.41, 5.74) is 3.94. The number of hydrogen-bond acceptors (Lipinski definition) is 4. The molecule has 0 aliphatic heterocycles. The van der Waals surface area contributed by atoms with E-state index in [4.69, 9.17) is 32.0 Å². The van der Waals surface area contributed by atoms with E-state index >= 15 is 0 Å². The molecule has 0 saturated heterocycles. The van der Waals surface area contributed by atoms with Gasteiger partial charge in [0.1, 0.15) is 11.3 Å². The highest BCUT2D eigenvalue weighted by Crippen LogP contribution is 2.25. The first-order valence-corrected chi connectivity index (χ1v) is 10.6. The van der Waals surface area contributed by atoms with Gasteiger partial charge in [0.25, 0.3) is 5.91 Å². The maximum Gasteiger partial charge on any atom is 0.291 e. The molecule has 32 heavy (non-hydrogen) atoms. The van der Waals surface area contributed by atoms with Crippen molar-refractivity contribution in [3.63, 3.8) is 0 Å². The zero-order chi connectivity index (χ0) is 22.1. The molecular formula is C25H16Cl2N2O3. The van der Waals surface area contributed by atoms with Gasteiger partial charge in [-0.25, -0.2) is 4.98 Å². The number of halogens is 2. The smallest absolute Gasteiger partial charge is 0.291 e. The molecule has 3 aromatic carbocycles. The lowest BCUT2D eigenvalue weighted by Gasteiger charge is -2.04. The Morgan fingerprint density at radius 3 is 2.38 bits per heavy atom. The van der Waals surface area contributed by atoms with E-state index in [2.05, 4.69) is 10.3 Å². The molecule has 0 aliphatic rings. The predicted octanol–water partition coefficient (Wildman–Crippen LogP) is 7.24. The molecule has 0 fully saturated rings. The molecule has 0 spiro atoms. The molecule has 0 bridgehead atoms. The second-order valence-corrected chi connectivity index (χ2v) is 8.09. The Kier molecular flexibility index (Phi) is 5.43. The lowest BCUT2D eigenvalue weighted by Crippen LogP contribution is -2.10. The molecule has 0 atom stereocenters. The topological polar surface area (TPSA) is 68.3 Å². The third-order valence-electron chi connectivity index (χ3n) is 4.92. The van der Waals surface area contributed by atoms with Crippen LogP contribution < -0.4 is 5.32 Å². The molecule has 1 amide bonds. The van der Waals surface area contributed by atoms with E-state index in [1.807, 2.05) is 36.4 Å². The van der Waals surface area contributed by atoms with E-state index in [-0.39, 0.29) is 11.7 Å². The number of nitrogens with zero attached hydrogens (tertiary/aromatic N) is 1. The number of benzene rings is 3. The summed E-state index contributed by atoms with van der Waals surface area (Å²) in [6, 6.07) is 23.5. The van der Waals surface area contributed by atoms with Gasteiger partial charge in [0, 0.05) is 27.7 Å². The number of hydrogen-bond donors (Lipinski definition) is 1. The van der Waals surface area contributed by atoms with Crippen molar-refractivity contribution in [2.45, 2.75) is 6.42 Å².